The Hall–Kier alpha value is -2.94. The minimum Gasteiger partial charge on any atom is -0.383 e. The molecule has 1 atom stereocenters. The third-order valence-corrected chi connectivity index (χ3v) is 5.59. The molecule has 2 aromatic rings. The highest BCUT2D eigenvalue weighted by atomic mass is 19.1. The highest BCUT2D eigenvalue weighted by Gasteiger charge is 2.29. The monoisotopic (exact) mass is 475 g/mol. The number of nitrogen functional groups attached to an aromatic ring is 1. The van der Waals surface area contributed by atoms with E-state index in [2.05, 4.69) is 10.3 Å². The number of hydrogen-bond donors (Lipinski definition) is 3. The van der Waals surface area contributed by atoms with Crippen LogP contribution in [0.25, 0.3) is 0 Å². The van der Waals surface area contributed by atoms with E-state index in [1.165, 1.54) is 21.6 Å². The average Bonchev–Trinajstić information content (AvgIpc) is 2.73. The van der Waals surface area contributed by atoms with E-state index in [4.69, 9.17) is 5.73 Å². The lowest BCUT2D eigenvalue weighted by atomic mass is 9.82. The van der Waals surface area contributed by atoms with Crippen LogP contribution in [0.1, 0.15) is 66.0 Å². The van der Waals surface area contributed by atoms with E-state index in [0.29, 0.717) is 19.5 Å². The number of carbonyl (C=O) groups is 1. The van der Waals surface area contributed by atoms with Crippen molar-refractivity contribution in [2.75, 3.05) is 23.7 Å². The number of anilines is 2. The van der Waals surface area contributed by atoms with Crippen molar-refractivity contribution in [2.24, 2.45) is 11.3 Å². The Kier molecular flexibility index (Phi) is 9.21. The zero-order valence-electron chi connectivity index (χ0n) is 21.1. The lowest BCUT2D eigenvalue weighted by Crippen LogP contribution is -2.46. The molecule has 0 aliphatic rings. The molecule has 2 rings (SSSR count). The first-order valence-electron chi connectivity index (χ1n) is 11.8. The maximum Gasteiger partial charge on any atom is 0.330 e. The number of benzene rings is 1. The van der Waals surface area contributed by atoms with Crippen LogP contribution < -0.4 is 27.2 Å². The highest BCUT2D eigenvalue weighted by Crippen LogP contribution is 2.32. The highest BCUT2D eigenvalue weighted by molar-refractivity contribution is 5.96. The third-order valence-electron chi connectivity index (χ3n) is 5.59. The summed E-state index contributed by atoms with van der Waals surface area (Å²) in [5.41, 5.74) is 5.57. The molecule has 0 saturated carbocycles. The topological polar surface area (TPSA) is 113 Å². The molecule has 8 nitrogen and oxygen atoms in total. The summed E-state index contributed by atoms with van der Waals surface area (Å²) in [7, 11) is 0. The molecule has 1 aromatic heterocycles. The number of rotatable bonds is 10. The summed E-state index contributed by atoms with van der Waals surface area (Å²) in [6.45, 7) is 12.5. The summed E-state index contributed by atoms with van der Waals surface area (Å²) in [5, 5.41) is 3.28. The Morgan fingerprint density at radius 1 is 1.21 bits per heavy atom. The number of halogens is 1. The third kappa shape index (κ3) is 6.79. The first kappa shape index (κ1) is 27.3. The van der Waals surface area contributed by atoms with Gasteiger partial charge in [-0.05, 0) is 35.4 Å². The molecule has 1 heterocycles. The first-order chi connectivity index (χ1) is 15.9. The van der Waals surface area contributed by atoms with Gasteiger partial charge in [0.2, 0.25) is 5.91 Å². The molecule has 0 fully saturated rings. The fourth-order valence-electron chi connectivity index (χ4n) is 3.93. The van der Waals surface area contributed by atoms with Crippen molar-refractivity contribution in [2.45, 2.75) is 67.0 Å². The van der Waals surface area contributed by atoms with Crippen LogP contribution in [0, 0.1) is 17.2 Å². The van der Waals surface area contributed by atoms with E-state index in [0.717, 1.165) is 12.0 Å². The second-order valence-corrected chi connectivity index (χ2v) is 10.1. The summed E-state index contributed by atoms with van der Waals surface area (Å²) in [6, 6.07) is 5.94. The van der Waals surface area contributed by atoms with Gasteiger partial charge < -0.3 is 16.0 Å². The van der Waals surface area contributed by atoms with Crippen LogP contribution in [-0.2, 0) is 11.3 Å². The maximum absolute atomic E-state index is 13.4. The van der Waals surface area contributed by atoms with Crippen molar-refractivity contribution in [3.63, 3.8) is 0 Å². The van der Waals surface area contributed by atoms with Crippen molar-refractivity contribution >= 4 is 17.4 Å². The molecule has 188 valence electrons. The minimum absolute atomic E-state index is 0.00501. The smallest absolute Gasteiger partial charge is 0.330 e. The molecule has 0 aliphatic carbocycles. The number of carbonyl (C=O) groups excluding carboxylic acids is 1. The molecule has 0 saturated heterocycles. The number of nitrogens with two attached hydrogens (primary N) is 1. The van der Waals surface area contributed by atoms with E-state index in [1.54, 1.807) is 12.1 Å². The second kappa shape index (κ2) is 11.5. The summed E-state index contributed by atoms with van der Waals surface area (Å²) in [5.74, 6) is -0.567. The van der Waals surface area contributed by atoms with Gasteiger partial charge in [0, 0.05) is 19.1 Å². The van der Waals surface area contributed by atoms with Crippen molar-refractivity contribution in [1.29, 1.82) is 0 Å². The van der Waals surface area contributed by atoms with Gasteiger partial charge in [-0.15, -0.1) is 0 Å². The van der Waals surface area contributed by atoms with Crippen LogP contribution in [0.5, 0.6) is 0 Å². The number of hydrogen-bond acceptors (Lipinski definition) is 5. The van der Waals surface area contributed by atoms with Crippen LogP contribution >= 0.6 is 0 Å². The van der Waals surface area contributed by atoms with E-state index in [-0.39, 0.29) is 47.1 Å². The minimum atomic E-state index is -0.683. The average molecular weight is 476 g/mol. The zero-order chi connectivity index (χ0) is 25.6. The molecule has 34 heavy (non-hydrogen) atoms. The Labute approximate surface area is 200 Å². The van der Waals surface area contributed by atoms with Gasteiger partial charge in [-0.3, -0.25) is 19.1 Å². The maximum atomic E-state index is 13.4. The summed E-state index contributed by atoms with van der Waals surface area (Å²) < 4.78 is 14.7. The van der Waals surface area contributed by atoms with Gasteiger partial charge >= 0.3 is 5.69 Å². The van der Waals surface area contributed by atoms with Gasteiger partial charge in [0.1, 0.15) is 11.6 Å². The van der Waals surface area contributed by atoms with Gasteiger partial charge in [-0.1, -0.05) is 60.1 Å². The number of nitrogens with one attached hydrogen (secondary N) is 2. The van der Waals surface area contributed by atoms with Crippen molar-refractivity contribution in [3.05, 3.63) is 56.5 Å². The molecular formula is C25H38FN5O3. The number of nitrogens with zero attached hydrogens (tertiary/aromatic N) is 2. The fourth-order valence-corrected chi connectivity index (χ4v) is 3.93. The van der Waals surface area contributed by atoms with E-state index in [1.807, 2.05) is 41.5 Å². The van der Waals surface area contributed by atoms with Gasteiger partial charge in [0.05, 0.1) is 6.54 Å². The predicted octanol–water partition coefficient (Wildman–Crippen LogP) is 3.42. The number of aromatic nitrogens is 2. The van der Waals surface area contributed by atoms with E-state index < -0.39 is 11.2 Å². The predicted molar refractivity (Wildman–Crippen MR) is 134 cm³/mol. The fraction of sp³-hybridized carbons (Fsp3) is 0.560. The van der Waals surface area contributed by atoms with Crippen LogP contribution in [0.4, 0.5) is 15.9 Å². The van der Waals surface area contributed by atoms with E-state index in [9.17, 15) is 18.8 Å². The molecule has 0 aliphatic heterocycles. The van der Waals surface area contributed by atoms with Crippen LogP contribution in [0.15, 0.2) is 33.9 Å². The number of aromatic amines is 1. The number of H-pyrrole nitrogens is 1. The number of amides is 1. The summed E-state index contributed by atoms with van der Waals surface area (Å²) in [4.78, 5) is 42.2. The Bertz CT molecular complexity index is 1080. The van der Waals surface area contributed by atoms with Crippen LogP contribution in [0.3, 0.4) is 0 Å². The summed E-state index contributed by atoms with van der Waals surface area (Å²) in [6.07, 6.45) is 1.47. The SMILES string of the molecule is CCCCN(C(=O)CNC(c1ccc(F)cc1)C(C)(C)C)c1c(N)n(CC(C)C)c(=O)[nH]c1=O. The second-order valence-electron chi connectivity index (χ2n) is 10.1. The molecule has 0 spiro atoms. The Morgan fingerprint density at radius 3 is 2.35 bits per heavy atom. The first-order valence-corrected chi connectivity index (χ1v) is 11.8. The van der Waals surface area contributed by atoms with Crippen molar-refractivity contribution in [1.82, 2.24) is 14.9 Å². The molecule has 1 amide bonds. The van der Waals surface area contributed by atoms with E-state index >= 15 is 0 Å². The zero-order valence-corrected chi connectivity index (χ0v) is 21.1. The molecule has 1 unspecified atom stereocenters. The molecule has 4 N–H and O–H groups in total. The lowest BCUT2D eigenvalue weighted by Gasteiger charge is -2.33. The molecule has 1 aromatic carbocycles. The van der Waals surface area contributed by atoms with Gasteiger partial charge in [-0.25, -0.2) is 9.18 Å². The lowest BCUT2D eigenvalue weighted by molar-refractivity contribution is -0.118. The largest absolute Gasteiger partial charge is 0.383 e. The molecule has 9 heteroatoms. The Balaban J connectivity index is 2.40. The standard InChI is InChI=1S/C25H38FN5O3/c1-7-8-13-30(20-22(27)31(15-16(2)3)24(34)29-23(20)33)19(32)14-28-21(25(4,5)6)17-9-11-18(26)12-10-17/h9-12,16,21,28H,7-8,13-15,27H2,1-6H3,(H,29,33,34). The van der Waals surface area contributed by atoms with Gasteiger partial charge in [-0.2, -0.15) is 0 Å². The van der Waals surface area contributed by atoms with Crippen LogP contribution in [0.2, 0.25) is 0 Å². The van der Waals surface area contributed by atoms with Crippen molar-refractivity contribution in [3.8, 4) is 0 Å². The summed E-state index contributed by atoms with van der Waals surface area (Å²) >= 11 is 0. The molecule has 0 radical (unpaired) electrons. The van der Waals surface area contributed by atoms with Crippen LogP contribution in [-0.4, -0.2) is 28.5 Å². The Morgan fingerprint density at radius 2 is 1.82 bits per heavy atom. The van der Waals surface area contributed by atoms with Crippen molar-refractivity contribution < 1.29 is 9.18 Å². The normalized spacial score (nSPS) is 12.7. The molecule has 0 bridgehead atoms. The van der Waals surface area contributed by atoms with Gasteiger partial charge in [0.15, 0.2) is 5.69 Å². The molecular weight excluding hydrogens is 437 g/mol. The van der Waals surface area contributed by atoms with Gasteiger partial charge in [0.25, 0.3) is 5.56 Å². The number of unbranched alkanes of at least 4 members (excludes halogenated alkanes) is 1. The quantitative estimate of drug-likeness (QED) is 0.487.